The second kappa shape index (κ2) is 7.89. The lowest BCUT2D eigenvalue weighted by Gasteiger charge is -2.32. The molecule has 2 heterocycles. The number of nitrogens with zero attached hydrogens (tertiary/aromatic N) is 3. The first-order valence-electron chi connectivity index (χ1n) is 9.64. The van der Waals surface area contributed by atoms with Crippen molar-refractivity contribution in [2.75, 3.05) is 18.0 Å². The molecule has 1 unspecified atom stereocenters. The van der Waals surface area contributed by atoms with E-state index in [0.717, 1.165) is 56.8 Å². The summed E-state index contributed by atoms with van der Waals surface area (Å²) in [6.07, 6.45) is 3.86. The van der Waals surface area contributed by atoms with Crippen molar-refractivity contribution < 1.29 is 4.79 Å². The maximum Gasteiger partial charge on any atom is 0.223 e. The molecule has 1 amide bonds. The zero-order valence-corrected chi connectivity index (χ0v) is 15.7. The van der Waals surface area contributed by atoms with Crippen molar-refractivity contribution in [3.8, 4) is 0 Å². The number of rotatable bonds is 6. The van der Waals surface area contributed by atoms with Gasteiger partial charge in [0.05, 0.1) is 11.0 Å². The third kappa shape index (κ3) is 3.80. The molecular weight excluding hydrogens is 312 g/mol. The molecule has 1 aliphatic heterocycles. The summed E-state index contributed by atoms with van der Waals surface area (Å²) in [6.45, 7) is 9.14. The molecule has 1 N–H and O–H groups in total. The molecule has 0 radical (unpaired) electrons. The number of imidazole rings is 1. The molecule has 1 saturated heterocycles. The number of aryl methyl sites for hydroxylation is 1. The van der Waals surface area contributed by atoms with Crippen molar-refractivity contribution in [3.63, 3.8) is 0 Å². The van der Waals surface area contributed by atoms with Crippen LogP contribution < -0.4 is 10.2 Å². The zero-order valence-electron chi connectivity index (χ0n) is 15.7. The van der Waals surface area contributed by atoms with E-state index < -0.39 is 0 Å². The number of piperidine rings is 1. The van der Waals surface area contributed by atoms with E-state index in [0.29, 0.717) is 0 Å². The van der Waals surface area contributed by atoms with E-state index in [1.54, 1.807) is 0 Å². The van der Waals surface area contributed by atoms with Gasteiger partial charge in [-0.1, -0.05) is 26.0 Å². The lowest BCUT2D eigenvalue weighted by molar-refractivity contribution is -0.126. The second-order valence-corrected chi connectivity index (χ2v) is 7.13. The molecule has 1 aliphatic rings. The summed E-state index contributed by atoms with van der Waals surface area (Å²) in [5.74, 6) is 1.41. The fourth-order valence-corrected chi connectivity index (χ4v) is 3.55. The number of hydrogen-bond acceptors (Lipinski definition) is 3. The summed E-state index contributed by atoms with van der Waals surface area (Å²) in [5.41, 5.74) is 2.26. The highest BCUT2D eigenvalue weighted by molar-refractivity contribution is 5.80. The minimum atomic E-state index is 0.134. The van der Waals surface area contributed by atoms with E-state index in [1.165, 1.54) is 5.52 Å². The summed E-state index contributed by atoms with van der Waals surface area (Å²) >= 11 is 0. The Labute approximate surface area is 150 Å². The van der Waals surface area contributed by atoms with Gasteiger partial charge in [0, 0.05) is 31.6 Å². The van der Waals surface area contributed by atoms with Crippen LogP contribution in [0.15, 0.2) is 24.3 Å². The number of aromatic nitrogens is 2. The number of carbonyl (C=O) groups is 1. The van der Waals surface area contributed by atoms with Crippen molar-refractivity contribution in [1.29, 1.82) is 0 Å². The summed E-state index contributed by atoms with van der Waals surface area (Å²) < 4.78 is 2.33. The van der Waals surface area contributed by atoms with Crippen LogP contribution in [0.4, 0.5) is 5.95 Å². The van der Waals surface area contributed by atoms with Crippen molar-refractivity contribution >= 4 is 22.9 Å². The van der Waals surface area contributed by atoms with Crippen LogP contribution in [-0.4, -0.2) is 34.6 Å². The van der Waals surface area contributed by atoms with Gasteiger partial charge in [0.2, 0.25) is 11.9 Å². The molecule has 1 atom stereocenters. The Bertz CT molecular complexity index is 716. The van der Waals surface area contributed by atoms with Crippen LogP contribution in [0.3, 0.4) is 0 Å². The van der Waals surface area contributed by atoms with E-state index in [-0.39, 0.29) is 17.9 Å². The minimum absolute atomic E-state index is 0.134. The van der Waals surface area contributed by atoms with Gasteiger partial charge in [-0.2, -0.15) is 0 Å². The lowest BCUT2D eigenvalue weighted by atomic mass is 9.95. The van der Waals surface area contributed by atoms with Crippen LogP contribution in [0.25, 0.3) is 11.0 Å². The van der Waals surface area contributed by atoms with E-state index in [2.05, 4.69) is 53.8 Å². The normalized spacial score (nSPS) is 17.0. The molecule has 1 fully saturated rings. The summed E-state index contributed by atoms with van der Waals surface area (Å²) in [4.78, 5) is 19.6. The fourth-order valence-electron chi connectivity index (χ4n) is 3.55. The fraction of sp³-hybridized carbons (Fsp3) is 0.600. The smallest absolute Gasteiger partial charge is 0.223 e. The van der Waals surface area contributed by atoms with Gasteiger partial charge in [0.1, 0.15) is 0 Å². The molecule has 136 valence electrons. The second-order valence-electron chi connectivity index (χ2n) is 7.13. The average Bonchev–Trinajstić information content (AvgIpc) is 3.01. The van der Waals surface area contributed by atoms with Gasteiger partial charge >= 0.3 is 0 Å². The predicted octanol–water partition coefficient (Wildman–Crippen LogP) is 3.58. The maximum atomic E-state index is 12.4. The van der Waals surface area contributed by atoms with Crippen molar-refractivity contribution in [1.82, 2.24) is 14.9 Å². The molecule has 25 heavy (non-hydrogen) atoms. The van der Waals surface area contributed by atoms with Crippen LogP contribution in [-0.2, 0) is 11.3 Å². The van der Waals surface area contributed by atoms with Gasteiger partial charge in [0.25, 0.3) is 0 Å². The molecule has 0 aliphatic carbocycles. The van der Waals surface area contributed by atoms with Crippen molar-refractivity contribution in [3.05, 3.63) is 24.3 Å². The van der Waals surface area contributed by atoms with Crippen LogP contribution in [0.2, 0.25) is 0 Å². The summed E-state index contributed by atoms with van der Waals surface area (Å²) in [6, 6.07) is 8.61. The first-order valence-corrected chi connectivity index (χ1v) is 9.64. The number of amides is 1. The standard InChI is InChI=1S/C20H30N4O/c1-4-12-24-18-9-7-6-8-17(18)22-20(24)23-13-10-16(11-14-23)19(25)21-15(3)5-2/h6-9,15-16H,4-5,10-14H2,1-3H3,(H,21,25). The Morgan fingerprint density at radius 1 is 1.28 bits per heavy atom. The Morgan fingerprint density at radius 2 is 2.00 bits per heavy atom. The molecule has 0 bridgehead atoms. The summed E-state index contributed by atoms with van der Waals surface area (Å²) in [7, 11) is 0. The van der Waals surface area contributed by atoms with Gasteiger partial charge in [0.15, 0.2) is 0 Å². The van der Waals surface area contributed by atoms with E-state index in [4.69, 9.17) is 4.98 Å². The third-order valence-electron chi connectivity index (χ3n) is 5.23. The number of nitrogens with one attached hydrogen (secondary N) is 1. The van der Waals surface area contributed by atoms with Crippen LogP contribution in [0.5, 0.6) is 0 Å². The van der Waals surface area contributed by atoms with E-state index >= 15 is 0 Å². The van der Waals surface area contributed by atoms with Crippen LogP contribution in [0, 0.1) is 5.92 Å². The van der Waals surface area contributed by atoms with Gasteiger partial charge in [-0.05, 0) is 44.7 Å². The molecule has 2 aromatic rings. The number of carbonyl (C=O) groups excluding carboxylic acids is 1. The summed E-state index contributed by atoms with van der Waals surface area (Å²) in [5, 5.41) is 3.13. The van der Waals surface area contributed by atoms with Crippen molar-refractivity contribution in [2.45, 2.75) is 59.0 Å². The first kappa shape index (κ1) is 17.8. The largest absolute Gasteiger partial charge is 0.353 e. The number of para-hydroxylation sites is 2. The van der Waals surface area contributed by atoms with Crippen LogP contribution in [0.1, 0.15) is 46.5 Å². The number of anilines is 1. The minimum Gasteiger partial charge on any atom is -0.353 e. The molecule has 1 aromatic carbocycles. The highest BCUT2D eigenvalue weighted by Crippen LogP contribution is 2.27. The van der Waals surface area contributed by atoms with Crippen molar-refractivity contribution in [2.24, 2.45) is 5.92 Å². The zero-order chi connectivity index (χ0) is 17.8. The average molecular weight is 342 g/mol. The van der Waals surface area contributed by atoms with Gasteiger partial charge in [-0.15, -0.1) is 0 Å². The number of hydrogen-bond donors (Lipinski definition) is 1. The number of benzene rings is 1. The Morgan fingerprint density at radius 3 is 2.68 bits per heavy atom. The first-order chi connectivity index (χ1) is 12.1. The van der Waals surface area contributed by atoms with Crippen LogP contribution >= 0.6 is 0 Å². The van der Waals surface area contributed by atoms with Gasteiger partial charge in [-0.3, -0.25) is 4.79 Å². The Hall–Kier alpha value is -2.04. The maximum absolute atomic E-state index is 12.4. The molecule has 0 saturated carbocycles. The van der Waals surface area contributed by atoms with E-state index in [1.807, 2.05) is 6.07 Å². The number of fused-ring (bicyclic) bond motifs is 1. The molecule has 5 nitrogen and oxygen atoms in total. The Kier molecular flexibility index (Phi) is 5.61. The topological polar surface area (TPSA) is 50.2 Å². The quantitative estimate of drug-likeness (QED) is 0.873. The SMILES string of the molecule is CCCn1c(N2CCC(C(=O)NC(C)CC)CC2)nc2ccccc21. The molecule has 0 spiro atoms. The molecule has 1 aromatic heterocycles. The Balaban J connectivity index is 1.71. The van der Waals surface area contributed by atoms with E-state index in [9.17, 15) is 4.79 Å². The molecular formula is C20H30N4O. The van der Waals surface area contributed by atoms with Gasteiger partial charge < -0.3 is 14.8 Å². The highest BCUT2D eigenvalue weighted by atomic mass is 16.1. The highest BCUT2D eigenvalue weighted by Gasteiger charge is 2.27. The lowest BCUT2D eigenvalue weighted by Crippen LogP contribution is -2.43. The monoisotopic (exact) mass is 342 g/mol. The molecule has 5 heteroatoms. The third-order valence-corrected chi connectivity index (χ3v) is 5.23. The molecule has 3 rings (SSSR count). The predicted molar refractivity (Wildman–Crippen MR) is 103 cm³/mol. The van der Waals surface area contributed by atoms with Gasteiger partial charge in [-0.25, -0.2) is 4.98 Å².